The van der Waals surface area contributed by atoms with Gasteiger partial charge in [-0.3, -0.25) is 9.89 Å². The molecule has 2 saturated heterocycles. The highest BCUT2D eigenvalue weighted by atomic mass is 127. The van der Waals surface area contributed by atoms with E-state index < -0.39 is 0 Å². The second kappa shape index (κ2) is 15.6. The summed E-state index contributed by atoms with van der Waals surface area (Å²) in [5.41, 5.74) is 0. The Morgan fingerprint density at radius 3 is 2.61 bits per heavy atom. The van der Waals surface area contributed by atoms with Crippen LogP contribution >= 0.6 is 24.0 Å². The summed E-state index contributed by atoms with van der Waals surface area (Å²) in [5, 5.41) is 6.91. The average molecular weight is 512 g/mol. The summed E-state index contributed by atoms with van der Waals surface area (Å²) < 4.78 is 16.6. The van der Waals surface area contributed by atoms with Crippen molar-refractivity contribution in [3.63, 3.8) is 0 Å². The molecule has 2 atom stereocenters. The number of rotatable bonds is 11. The van der Waals surface area contributed by atoms with Crippen LogP contribution in [0.15, 0.2) is 4.99 Å². The highest BCUT2D eigenvalue weighted by Crippen LogP contribution is 2.13. The van der Waals surface area contributed by atoms with Crippen molar-refractivity contribution < 1.29 is 14.2 Å². The van der Waals surface area contributed by atoms with Crippen LogP contribution in [0.5, 0.6) is 0 Å². The summed E-state index contributed by atoms with van der Waals surface area (Å²) >= 11 is 0. The van der Waals surface area contributed by atoms with Crippen molar-refractivity contribution in [1.82, 2.24) is 15.5 Å². The summed E-state index contributed by atoms with van der Waals surface area (Å²) in [5.74, 6) is 2.14. The Labute approximate surface area is 188 Å². The monoisotopic (exact) mass is 512 g/mol. The summed E-state index contributed by atoms with van der Waals surface area (Å²) in [6, 6.07) is 0.518. The Kier molecular flexibility index (Phi) is 14.5. The lowest BCUT2D eigenvalue weighted by molar-refractivity contribution is 0.0132. The molecule has 0 bridgehead atoms. The first-order valence-electron chi connectivity index (χ1n) is 10.6. The van der Waals surface area contributed by atoms with Gasteiger partial charge in [-0.15, -0.1) is 24.0 Å². The highest BCUT2D eigenvalue weighted by molar-refractivity contribution is 14.0. The Hall–Kier alpha value is -0.160. The quantitative estimate of drug-likeness (QED) is 0.191. The molecular formula is C20H41IN4O3. The van der Waals surface area contributed by atoms with Crippen LogP contribution < -0.4 is 10.6 Å². The number of guanidine groups is 1. The Bertz CT molecular complexity index is 414. The minimum Gasteiger partial charge on any atom is -0.381 e. The fraction of sp³-hybridized carbons (Fsp3) is 0.950. The van der Waals surface area contributed by atoms with E-state index in [0.717, 1.165) is 84.6 Å². The van der Waals surface area contributed by atoms with E-state index in [2.05, 4.69) is 34.4 Å². The highest BCUT2D eigenvalue weighted by Gasteiger charge is 2.22. The molecule has 7 nitrogen and oxygen atoms in total. The maximum absolute atomic E-state index is 5.76. The van der Waals surface area contributed by atoms with Crippen molar-refractivity contribution in [2.75, 3.05) is 72.9 Å². The van der Waals surface area contributed by atoms with Crippen molar-refractivity contribution in [2.24, 2.45) is 16.8 Å². The number of halogens is 1. The van der Waals surface area contributed by atoms with E-state index in [4.69, 9.17) is 14.2 Å². The molecule has 2 fully saturated rings. The minimum atomic E-state index is 0. The van der Waals surface area contributed by atoms with E-state index in [9.17, 15) is 0 Å². The smallest absolute Gasteiger partial charge is 0.191 e. The lowest BCUT2D eigenvalue weighted by Crippen LogP contribution is -2.51. The molecule has 2 heterocycles. The van der Waals surface area contributed by atoms with E-state index in [1.165, 1.54) is 6.42 Å². The lowest BCUT2D eigenvalue weighted by Gasteiger charge is -2.35. The van der Waals surface area contributed by atoms with Crippen molar-refractivity contribution in [1.29, 1.82) is 0 Å². The molecule has 2 unspecified atom stereocenters. The Morgan fingerprint density at radius 2 is 1.96 bits per heavy atom. The molecule has 0 aromatic carbocycles. The van der Waals surface area contributed by atoms with Crippen LogP contribution in [0.1, 0.15) is 33.1 Å². The number of aliphatic imine (C=N–C) groups is 1. The zero-order valence-electron chi connectivity index (χ0n) is 18.0. The van der Waals surface area contributed by atoms with Crippen LogP contribution in [0.2, 0.25) is 0 Å². The maximum Gasteiger partial charge on any atom is 0.191 e. The number of nitrogens with zero attached hydrogens (tertiary/aromatic N) is 2. The molecule has 0 aliphatic carbocycles. The second-order valence-corrected chi connectivity index (χ2v) is 7.97. The molecule has 0 saturated carbocycles. The molecule has 2 aliphatic heterocycles. The summed E-state index contributed by atoms with van der Waals surface area (Å²) in [6.07, 6.45) is 3.30. The summed E-state index contributed by atoms with van der Waals surface area (Å²) in [4.78, 5) is 6.90. The number of morpholine rings is 1. The van der Waals surface area contributed by atoms with E-state index >= 15 is 0 Å². The van der Waals surface area contributed by atoms with Gasteiger partial charge in [0.2, 0.25) is 0 Å². The standard InChI is InChI=1S/C20H40N4O3.HI/c1-17(2)13-19(24-7-11-25-12-8-24)14-23-20(21-3)22-6-4-9-26-15-18-5-10-27-16-18;/h17-19H,4-16H2,1-3H3,(H2,21,22,23);1H. The van der Waals surface area contributed by atoms with Crippen LogP contribution in [-0.2, 0) is 14.2 Å². The fourth-order valence-corrected chi connectivity index (χ4v) is 3.63. The van der Waals surface area contributed by atoms with Crippen LogP contribution in [-0.4, -0.2) is 89.8 Å². The van der Waals surface area contributed by atoms with Crippen LogP contribution in [0.25, 0.3) is 0 Å². The second-order valence-electron chi connectivity index (χ2n) is 7.97. The number of ether oxygens (including phenoxy) is 3. The molecule has 0 amide bonds. The van der Waals surface area contributed by atoms with Gasteiger partial charge in [0.25, 0.3) is 0 Å². The Balaban J connectivity index is 0.00000392. The predicted molar refractivity (Wildman–Crippen MR) is 125 cm³/mol. The Morgan fingerprint density at radius 1 is 1.18 bits per heavy atom. The fourth-order valence-electron chi connectivity index (χ4n) is 3.63. The van der Waals surface area contributed by atoms with E-state index in [0.29, 0.717) is 17.9 Å². The van der Waals surface area contributed by atoms with Gasteiger partial charge in [-0.25, -0.2) is 0 Å². The molecule has 28 heavy (non-hydrogen) atoms. The number of hydrogen-bond donors (Lipinski definition) is 2. The van der Waals surface area contributed by atoms with Gasteiger partial charge in [0.15, 0.2) is 5.96 Å². The third kappa shape index (κ3) is 10.6. The van der Waals surface area contributed by atoms with Gasteiger partial charge >= 0.3 is 0 Å². The van der Waals surface area contributed by atoms with Crippen molar-refractivity contribution >= 4 is 29.9 Å². The first-order chi connectivity index (χ1) is 13.2. The zero-order valence-corrected chi connectivity index (χ0v) is 20.3. The topological polar surface area (TPSA) is 67.4 Å². The van der Waals surface area contributed by atoms with E-state index in [1.54, 1.807) is 0 Å². The van der Waals surface area contributed by atoms with Crippen LogP contribution in [0.3, 0.4) is 0 Å². The van der Waals surface area contributed by atoms with Gasteiger partial charge < -0.3 is 24.8 Å². The van der Waals surface area contributed by atoms with Crippen LogP contribution in [0.4, 0.5) is 0 Å². The molecule has 0 spiro atoms. The number of nitrogens with one attached hydrogen (secondary N) is 2. The lowest BCUT2D eigenvalue weighted by atomic mass is 10.0. The van der Waals surface area contributed by atoms with Gasteiger partial charge in [0, 0.05) is 58.4 Å². The van der Waals surface area contributed by atoms with E-state index in [1.807, 2.05) is 7.05 Å². The third-order valence-electron chi connectivity index (χ3n) is 5.17. The minimum absolute atomic E-state index is 0. The van der Waals surface area contributed by atoms with Crippen molar-refractivity contribution in [3.8, 4) is 0 Å². The van der Waals surface area contributed by atoms with Crippen LogP contribution in [0, 0.1) is 11.8 Å². The summed E-state index contributed by atoms with van der Waals surface area (Å²) in [7, 11) is 1.83. The van der Waals surface area contributed by atoms with Crippen molar-refractivity contribution in [3.05, 3.63) is 0 Å². The predicted octanol–water partition coefficient (Wildman–Crippen LogP) is 1.96. The van der Waals surface area contributed by atoms with E-state index in [-0.39, 0.29) is 24.0 Å². The SMILES string of the molecule is CN=C(NCCCOCC1CCOC1)NCC(CC(C)C)N1CCOCC1.I. The molecule has 166 valence electrons. The molecule has 2 N–H and O–H groups in total. The largest absolute Gasteiger partial charge is 0.381 e. The average Bonchev–Trinajstić information content (AvgIpc) is 3.19. The van der Waals surface area contributed by atoms with Gasteiger partial charge in [-0.1, -0.05) is 13.8 Å². The first kappa shape index (κ1) is 25.9. The molecule has 0 aromatic rings. The molecule has 0 aromatic heterocycles. The molecule has 0 radical (unpaired) electrons. The first-order valence-corrected chi connectivity index (χ1v) is 10.6. The molecular weight excluding hydrogens is 471 g/mol. The normalized spacial score (nSPS) is 22.1. The third-order valence-corrected chi connectivity index (χ3v) is 5.17. The van der Waals surface area contributed by atoms with Crippen molar-refractivity contribution in [2.45, 2.75) is 39.2 Å². The van der Waals surface area contributed by atoms with Gasteiger partial charge in [0.1, 0.15) is 0 Å². The molecule has 2 rings (SSSR count). The molecule has 2 aliphatic rings. The molecule has 8 heteroatoms. The van der Waals surface area contributed by atoms with Gasteiger partial charge in [0.05, 0.1) is 26.4 Å². The summed E-state index contributed by atoms with van der Waals surface area (Å²) in [6.45, 7) is 13.4. The zero-order chi connectivity index (χ0) is 19.3. The maximum atomic E-state index is 5.76. The van der Waals surface area contributed by atoms with Gasteiger partial charge in [-0.05, 0) is 25.2 Å². The van der Waals surface area contributed by atoms with Gasteiger partial charge in [-0.2, -0.15) is 0 Å². The number of hydrogen-bond acceptors (Lipinski definition) is 5.